The molecular formula is C24H23N3O4. The molecule has 0 bridgehead atoms. The Balaban J connectivity index is 1.23. The zero-order valence-corrected chi connectivity index (χ0v) is 17.1. The van der Waals surface area contributed by atoms with E-state index in [0.717, 1.165) is 29.7 Å². The molecule has 1 spiro atoms. The van der Waals surface area contributed by atoms with Gasteiger partial charge in [0.15, 0.2) is 5.60 Å². The number of likely N-dealkylation sites (tertiary alicyclic amines) is 1. The van der Waals surface area contributed by atoms with Gasteiger partial charge in [-0.1, -0.05) is 30.3 Å². The Morgan fingerprint density at radius 2 is 1.74 bits per heavy atom. The number of esters is 1. The Morgan fingerprint density at radius 1 is 0.968 bits per heavy atom. The predicted octanol–water partition coefficient (Wildman–Crippen LogP) is 2.55. The van der Waals surface area contributed by atoms with Gasteiger partial charge in [-0.2, -0.15) is 0 Å². The van der Waals surface area contributed by atoms with Crippen molar-refractivity contribution in [3.63, 3.8) is 0 Å². The molecule has 4 aliphatic rings. The van der Waals surface area contributed by atoms with Crippen LogP contribution in [0, 0.1) is 0 Å². The average molecular weight is 417 g/mol. The van der Waals surface area contributed by atoms with Gasteiger partial charge >= 0.3 is 12.0 Å². The lowest BCUT2D eigenvalue weighted by Crippen LogP contribution is -2.40. The number of amides is 3. The molecule has 0 radical (unpaired) electrons. The number of benzene rings is 2. The molecule has 158 valence electrons. The number of hydrogen-bond donors (Lipinski definition) is 1. The molecular weight excluding hydrogens is 394 g/mol. The molecule has 2 aromatic carbocycles. The van der Waals surface area contributed by atoms with Crippen molar-refractivity contribution in [2.24, 2.45) is 0 Å². The van der Waals surface area contributed by atoms with Crippen LogP contribution in [0.5, 0.6) is 0 Å². The molecule has 31 heavy (non-hydrogen) atoms. The monoisotopic (exact) mass is 417 g/mol. The van der Waals surface area contributed by atoms with E-state index in [4.69, 9.17) is 4.74 Å². The van der Waals surface area contributed by atoms with Crippen molar-refractivity contribution in [2.45, 2.75) is 30.3 Å². The third kappa shape index (κ3) is 2.62. The fraction of sp³-hybridized carbons (Fsp3) is 0.375. The molecule has 7 nitrogen and oxygen atoms in total. The van der Waals surface area contributed by atoms with Crippen molar-refractivity contribution in [2.75, 3.05) is 31.1 Å². The summed E-state index contributed by atoms with van der Waals surface area (Å²) >= 11 is 0. The highest BCUT2D eigenvalue weighted by Gasteiger charge is 2.57. The quantitative estimate of drug-likeness (QED) is 0.779. The number of fused-ring (bicyclic) bond motifs is 2. The number of urea groups is 1. The molecule has 2 aromatic rings. The van der Waals surface area contributed by atoms with Gasteiger partial charge in [-0.15, -0.1) is 0 Å². The van der Waals surface area contributed by atoms with E-state index in [1.807, 2.05) is 47.4 Å². The molecule has 3 amide bonds. The Hall–Kier alpha value is -3.35. The summed E-state index contributed by atoms with van der Waals surface area (Å²) < 4.78 is 5.81. The Morgan fingerprint density at radius 3 is 2.45 bits per heavy atom. The molecule has 1 aliphatic carbocycles. The highest BCUT2D eigenvalue weighted by molar-refractivity contribution is 5.96. The lowest BCUT2D eigenvalue weighted by atomic mass is 9.91. The maximum atomic E-state index is 13.6. The van der Waals surface area contributed by atoms with E-state index in [9.17, 15) is 14.4 Å². The van der Waals surface area contributed by atoms with Crippen LogP contribution in [0.4, 0.5) is 10.5 Å². The van der Waals surface area contributed by atoms with Crippen molar-refractivity contribution in [3.8, 4) is 0 Å². The number of carbonyl (C=O) groups excluding carboxylic acids is 3. The maximum absolute atomic E-state index is 13.6. The molecule has 6 rings (SSSR count). The van der Waals surface area contributed by atoms with Crippen LogP contribution >= 0.6 is 0 Å². The molecule has 0 aromatic heterocycles. The highest BCUT2D eigenvalue weighted by Crippen LogP contribution is 2.52. The van der Waals surface area contributed by atoms with Crippen LogP contribution in [0.1, 0.15) is 40.7 Å². The van der Waals surface area contributed by atoms with E-state index in [0.29, 0.717) is 38.2 Å². The van der Waals surface area contributed by atoms with E-state index in [2.05, 4.69) is 5.32 Å². The molecule has 1 saturated carbocycles. The topological polar surface area (TPSA) is 79.0 Å². The normalized spacial score (nSPS) is 25.5. The van der Waals surface area contributed by atoms with Crippen molar-refractivity contribution in [1.82, 2.24) is 10.2 Å². The van der Waals surface area contributed by atoms with Crippen LogP contribution in [-0.2, 0) is 20.5 Å². The van der Waals surface area contributed by atoms with Crippen molar-refractivity contribution in [3.05, 3.63) is 65.2 Å². The summed E-state index contributed by atoms with van der Waals surface area (Å²) in [6.45, 7) is 2.28. The number of nitrogens with zero attached hydrogens (tertiary/aromatic N) is 2. The molecule has 3 heterocycles. The summed E-state index contributed by atoms with van der Waals surface area (Å²) in [5, 5.41) is 2.80. The van der Waals surface area contributed by atoms with Crippen LogP contribution in [0.3, 0.4) is 0 Å². The summed E-state index contributed by atoms with van der Waals surface area (Å²) in [4.78, 5) is 41.4. The number of rotatable bonds is 3. The summed E-state index contributed by atoms with van der Waals surface area (Å²) in [6, 6.07) is 15.2. The Bertz CT molecular complexity index is 1110. The van der Waals surface area contributed by atoms with Crippen LogP contribution in [0.15, 0.2) is 48.5 Å². The second-order valence-corrected chi connectivity index (χ2v) is 8.92. The summed E-state index contributed by atoms with van der Waals surface area (Å²) in [5.41, 5.74) is 2.13. The first-order valence-corrected chi connectivity index (χ1v) is 10.8. The van der Waals surface area contributed by atoms with E-state index in [-0.39, 0.29) is 17.9 Å². The van der Waals surface area contributed by atoms with Gasteiger partial charge in [-0.25, -0.2) is 9.59 Å². The number of hydrogen-bond acceptors (Lipinski definition) is 4. The Kier molecular flexibility index (Phi) is 3.76. The average Bonchev–Trinajstić information content (AvgIpc) is 3.18. The number of anilines is 1. The first kappa shape index (κ1) is 18.4. The third-order valence-corrected chi connectivity index (χ3v) is 7.19. The van der Waals surface area contributed by atoms with Gasteiger partial charge in [0, 0.05) is 37.3 Å². The van der Waals surface area contributed by atoms with Gasteiger partial charge in [-0.05, 0) is 36.6 Å². The molecule has 1 atom stereocenters. The molecule has 3 aliphatic heterocycles. The molecule has 3 fully saturated rings. The maximum Gasteiger partial charge on any atom is 0.339 e. The predicted molar refractivity (Wildman–Crippen MR) is 113 cm³/mol. The van der Waals surface area contributed by atoms with Crippen LogP contribution in [-0.4, -0.2) is 49.0 Å². The van der Waals surface area contributed by atoms with Crippen molar-refractivity contribution >= 4 is 23.6 Å². The summed E-state index contributed by atoms with van der Waals surface area (Å²) in [7, 11) is 0. The molecule has 7 heteroatoms. The van der Waals surface area contributed by atoms with Crippen LogP contribution < -0.4 is 10.2 Å². The van der Waals surface area contributed by atoms with Gasteiger partial charge < -0.3 is 15.0 Å². The first-order chi connectivity index (χ1) is 15.0. The van der Waals surface area contributed by atoms with Crippen molar-refractivity contribution < 1.29 is 19.1 Å². The standard InChI is InChI=1S/C24H23N3O4/c28-20-18-3-1-2-4-19(18)24(31-20)11-13-26(15-24)21(29)23(9-10-23)16-5-7-17(8-6-16)27-14-12-25-22(27)30/h1-8H,9-15H2,(H,25,30)/t24-/m0/s1. The van der Waals surface area contributed by atoms with Crippen LogP contribution in [0.25, 0.3) is 0 Å². The Labute approximate surface area is 180 Å². The fourth-order valence-electron chi connectivity index (χ4n) is 5.34. The lowest BCUT2D eigenvalue weighted by molar-refractivity contribution is -0.134. The van der Waals surface area contributed by atoms with E-state index in [1.54, 1.807) is 11.0 Å². The van der Waals surface area contributed by atoms with Gasteiger partial charge in [0.2, 0.25) is 5.91 Å². The zero-order valence-electron chi connectivity index (χ0n) is 17.1. The minimum absolute atomic E-state index is 0.0845. The lowest BCUT2D eigenvalue weighted by Gasteiger charge is -2.27. The fourth-order valence-corrected chi connectivity index (χ4v) is 5.34. The molecule has 0 unspecified atom stereocenters. The summed E-state index contributed by atoms with van der Waals surface area (Å²) in [5.74, 6) is -0.191. The van der Waals surface area contributed by atoms with Crippen molar-refractivity contribution in [1.29, 1.82) is 0 Å². The largest absolute Gasteiger partial charge is 0.449 e. The second-order valence-electron chi connectivity index (χ2n) is 8.92. The second kappa shape index (κ2) is 6.33. The zero-order chi connectivity index (χ0) is 21.2. The smallest absolute Gasteiger partial charge is 0.339 e. The number of carbonyl (C=O) groups is 3. The number of ether oxygens (including phenoxy) is 1. The third-order valence-electron chi connectivity index (χ3n) is 7.19. The highest BCUT2D eigenvalue weighted by atomic mass is 16.6. The van der Waals surface area contributed by atoms with E-state index < -0.39 is 11.0 Å². The van der Waals surface area contributed by atoms with Gasteiger partial charge in [-0.3, -0.25) is 9.69 Å². The van der Waals surface area contributed by atoms with Gasteiger partial charge in [0.05, 0.1) is 17.5 Å². The van der Waals surface area contributed by atoms with E-state index >= 15 is 0 Å². The van der Waals surface area contributed by atoms with Gasteiger partial charge in [0.25, 0.3) is 0 Å². The molecule has 2 saturated heterocycles. The van der Waals surface area contributed by atoms with Crippen LogP contribution in [0.2, 0.25) is 0 Å². The SMILES string of the molecule is O=C1O[C@]2(CCN(C(=O)C3(c4ccc(N5CCNC5=O)cc4)CC3)C2)c2ccccc21. The van der Waals surface area contributed by atoms with E-state index in [1.165, 1.54) is 0 Å². The minimum atomic E-state index is -0.716. The first-order valence-electron chi connectivity index (χ1n) is 10.8. The molecule has 1 N–H and O–H groups in total. The minimum Gasteiger partial charge on any atom is -0.449 e. The van der Waals surface area contributed by atoms with Gasteiger partial charge in [0.1, 0.15) is 0 Å². The summed E-state index contributed by atoms with van der Waals surface area (Å²) in [6.07, 6.45) is 2.26. The number of nitrogens with one attached hydrogen (secondary N) is 1.